The van der Waals surface area contributed by atoms with Crippen molar-refractivity contribution in [1.29, 1.82) is 0 Å². The fourth-order valence-electron chi connectivity index (χ4n) is 3.13. The number of fused-ring (bicyclic) bond motifs is 1. The van der Waals surface area contributed by atoms with E-state index in [4.69, 9.17) is 4.74 Å². The van der Waals surface area contributed by atoms with Crippen LogP contribution in [0, 0.1) is 0 Å². The first-order valence-corrected chi connectivity index (χ1v) is 8.66. The monoisotopic (exact) mass is 330 g/mol. The van der Waals surface area contributed by atoms with E-state index in [1.54, 1.807) is 5.38 Å². The predicted molar refractivity (Wildman–Crippen MR) is 86.7 cm³/mol. The quantitative estimate of drug-likeness (QED) is 0.852. The molecule has 1 fully saturated rings. The molecule has 120 valence electrons. The van der Waals surface area contributed by atoms with Crippen LogP contribution in [-0.4, -0.2) is 58.1 Å². The second-order valence-electron chi connectivity index (χ2n) is 5.90. The number of hydrogen-bond donors (Lipinski definition) is 0. The van der Waals surface area contributed by atoms with E-state index in [0.29, 0.717) is 5.69 Å². The number of benzene rings is 1. The number of ether oxygens (including phenoxy) is 1. The maximum absolute atomic E-state index is 12.3. The third-order valence-electron chi connectivity index (χ3n) is 4.40. The summed E-state index contributed by atoms with van der Waals surface area (Å²) in [5, 5.41) is 5.57. The molecule has 0 N–H and O–H groups in total. The standard InChI is InChI=1S/C16H18N4O2S/c21-16(14-11-23-18-17-14)20-6-4-19(5-7-20)10-12-1-2-15-13(9-12)3-8-22-15/h1-2,9,11H,3-8,10H2. The van der Waals surface area contributed by atoms with Crippen molar-refractivity contribution in [3.8, 4) is 5.75 Å². The maximum Gasteiger partial charge on any atom is 0.275 e. The van der Waals surface area contributed by atoms with Gasteiger partial charge >= 0.3 is 0 Å². The fourth-order valence-corrected chi connectivity index (χ4v) is 3.56. The second-order valence-corrected chi connectivity index (χ2v) is 6.51. The van der Waals surface area contributed by atoms with Crippen molar-refractivity contribution in [2.75, 3.05) is 32.8 Å². The Balaban J connectivity index is 1.34. The Bertz CT molecular complexity index is 696. The van der Waals surface area contributed by atoms with Crippen LogP contribution in [-0.2, 0) is 13.0 Å². The Morgan fingerprint density at radius 2 is 2.13 bits per heavy atom. The molecule has 0 unspecified atom stereocenters. The summed E-state index contributed by atoms with van der Waals surface area (Å²) in [5.41, 5.74) is 3.09. The molecule has 4 rings (SSSR count). The molecule has 0 aliphatic carbocycles. The van der Waals surface area contributed by atoms with Gasteiger partial charge in [0.1, 0.15) is 5.75 Å². The molecule has 1 aromatic carbocycles. The number of carbonyl (C=O) groups excluding carboxylic acids is 1. The number of aromatic nitrogens is 2. The van der Waals surface area contributed by atoms with Crippen LogP contribution in [0.25, 0.3) is 0 Å². The highest BCUT2D eigenvalue weighted by Gasteiger charge is 2.24. The predicted octanol–water partition coefficient (Wildman–Crippen LogP) is 1.43. The number of hydrogen-bond acceptors (Lipinski definition) is 6. The van der Waals surface area contributed by atoms with Crippen LogP contribution < -0.4 is 4.74 Å². The minimum atomic E-state index is -0.00641. The lowest BCUT2D eigenvalue weighted by Crippen LogP contribution is -2.48. The molecule has 23 heavy (non-hydrogen) atoms. The zero-order valence-electron chi connectivity index (χ0n) is 12.8. The van der Waals surface area contributed by atoms with E-state index >= 15 is 0 Å². The van der Waals surface area contributed by atoms with Crippen LogP contribution in [0.1, 0.15) is 21.6 Å². The van der Waals surface area contributed by atoms with Gasteiger partial charge in [-0.25, -0.2) is 0 Å². The lowest BCUT2D eigenvalue weighted by atomic mass is 10.1. The zero-order chi connectivity index (χ0) is 15.6. The molecule has 0 bridgehead atoms. The summed E-state index contributed by atoms with van der Waals surface area (Å²) in [5.74, 6) is 1.02. The number of rotatable bonds is 3. The first-order chi connectivity index (χ1) is 11.3. The molecule has 0 spiro atoms. The van der Waals surface area contributed by atoms with Crippen LogP contribution in [0.2, 0.25) is 0 Å². The van der Waals surface area contributed by atoms with Gasteiger partial charge < -0.3 is 9.64 Å². The van der Waals surface area contributed by atoms with Gasteiger partial charge in [-0.15, -0.1) is 5.10 Å². The second kappa shape index (κ2) is 6.25. The fraction of sp³-hybridized carbons (Fsp3) is 0.438. The first-order valence-electron chi connectivity index (χ1n) is 7.83. The molecule has 3 heterocycles. The average Bonchev–Trinajstić information content (AvgIpc) is 3.26. The molecule has 0 radical (unpaired) electrons. The highest BCUT2D eigenvalue weighted by molar-refractivity contribution is 7.03. The minimum absolute atomic E-state index is 0.00641. The van der Waals surface area contributed by atoms with Gasteiger partial charge in [-0.3, -0.25) is 9.69 Å². The third kappa shape index (κ3) is 3.07. The van der Waals surface area contributed by atoms with Crippen LogP contribution in [0.4, 0.5) is 0 Å². The first kappa shape index (κ1) is 14.6. The van der Waals surface area contributed by atoms with Gasteiger partial charge in [0.15, 0.2) is 5.69 Å². The molecular weight excluding hydrogens is 312 g/mol. The molecule has 2 aliphatic heterocycles. The van der Waals surface area contributed by atoms with Crippen molar-refractivity contribution in [3.05, 3.63) is 40.4 Å². The van der Waals surface area contributed by atoms with E-state index in [-0.39, 0.29) is 5.91 Å². The smallest absolute Gasteiger partial charge is 0.275 e. The minimum Gasteiger partial charge on any atom is -0.493 e. The summed E-state index contributed by atoms with van der Waals surface area (Å²) in [6.07, 6.45) is 1.01. The molecule has 1 aromatic heterocycles. The van der Waals surface area contributed by atoms with Crippen LogP contribution in [0.3, 0.4) is 0 Å². The van der Waals surface area contributed by atoms with Gasteiger partial charge in [0.25, 0.3) is 5.91 Å². The summed E-state index contributed by atoms with van der Waals surface area (Å²) >= 11 is 1.21. The van der Waals surface area contributed by atoms with E-state index in [1.807, 2.05) is 4.90 Å². The van der Waals surface area contributed by atoms with Crippen molar-refractivity contribution in [3.63, 3.8) is 0 Å². The topological polar surface area (TPSA) is 58.6 Å². The summed E-state index contributed by atoms with van der Waals surface area (Å²) in [4.78, 5) is 16.5. The SMILES string of the molecule is O=C(c1csnn1)N1CCN(Cc2ccc3c(c2)CCO3)CC1. The Kier molecular flexibility index (Phi) is 3.97. The summed E-state index contributed by atoms with van der Waals surface area (Å²) in [6, 6.07) is 6.47. The number of piperazine rings is 1. The van der Waals surface area contributed by atoms with Crippen molar-refractivity contribution < 1.29 is 9.53 Å². The van der Waals surface area contributed by atoms with Gasteiger partial charge in [0, 0.05) is 44.5 Å². The molecule has 6 nitrogen and oxygen atoms in total. The number of nitrogens with zero attached hydrogens (tertiary/aromatic N) is 4. The molecular formula is C16H18N4O2S. The van der Waals surface area contributed by atoms with Crippen molar-refractivity contribution in [2.45, 2.75) is 13.0 Å². The van der Waals surface area contributed by atoms with E-state index in [1.165, 1.54) is 22.7 Å². The molecule has 0 saturated carbocycles. The average molecular weight is 330 g/mol. The van der Waals surface area contributed by atoms with Gasteiger partial charge in [-0.05, 0) is 28.7 Å². The van der Waals surface area contributed by atoms with Crippen molar-refractivity contribution in [2.24, 2.45) is 0 Å². The summed E-state index contributed by atoms with van der Waals surface area (Å²) in [7, 11) is 0. The number of amides is 1. The normalized spacial score (nSPS) is 17.8. The summed E-state index contributed by atoms with van der Waals surface area (Å²) in [6.45, 7) is 4.97. The van der Waals surface area contributed by atoms with Gasteiger partial charge in [0.05, 0.1) is 6.61 Å². The van der Waals surface area contributed by atoms with E-state index < -0.39 is 0 Å². The molecule has 1 amide bonds. The lowest BCUT2D eigenvalue weighted by molar-refractivity contribution is 0.0622. The highest BCUT2D eigenvalue weighted by atomic mass is 32.1. The maximum atomic E-state index is 12.3. The lowest BCUT2D eigenvalue weighted by Gasteiger charge is -2.34. The third-order valence-corrected chi connectivity index (χ3v) is 4.90. The van der Waals surface area contributed by atoms with E-state index in [0.717, 1.165) is 51.5 Å². The van der Waals surface area contributed by atoms with E-state index in [9.17, 15) is 4.79 Å². The van der Waals surface area contributed by atoms with E-state index in [2.05, 4.69) is 32.7 Å². The van der Waals surface area contributed by atoms with Crippen LogP contribution in [0.15, 0.2) is 23.6 Å². The molecule has 7 heteroatoms. The van der Waals surface area contributed by atoms with Crippen molar-refractivity contribution >= 4 is 17.4 Å². The van der Waals surface area contributed by atoms with Gasteiger partial charge in [0.2, 0.25) is 0 Å². The zero-order valence-corrected chi connectivity index (χ0v) is 13.6. The summed E-state index contributed by atoms with van der Waals surface area (Å²) < 4.78 is 9.31. The largest absolute Gasteiger partial charge is 0.493 e. The van der Waals surface area contributed by atoms with Gasteiger partial charge in [-0.1, -0.05) is 16.6 Å². The highest BCUT2D eigenvalue weighted by Crippen LogP contribution is 2.26. The van der Waals surface area contributed by atoms with Gasteiger partial charge in [-0.2, -0.15) is 0 Å². The Hall–Kier alpha value is -1.99. The molecule has 0 atom stereocenters. The molecule has 1 saturated heterocycles. The Morgan fingerprint density at radius 3 is 2.91 bits per heavy atom. The Labute approximate surface area is 138 Å². The molecule has 2 aromatic rings. The van der Waals surface area contributed by atoms with Crippen LogP contribution in [0.5, 0.6) is 5.75 Å². The Morgan fingerprint density at radius 1 is 1.26 bits per heavy atom. The van der Waals surface area contributed by atoms with Crippen LogP contribution >= 0.6 is 11.5 Å². The van der Waals surface area contributed by atoms with Crippen molar-refractivity contribution in [1.82, 2.24) is 19.4 Å². The molecule has 2 aliphatic rings. The number of carbonyl (C=O) groups is 1.